The molecule has 0 fully saturated rings. The minimum absolute atomic E-state index is 0.573. The van der Waals surface area contributed by atoms with Crippen molar-refractivity contribution >= 4 is 24.9 Å². The van der Waals surface area contributed by atoms with Gasteiger partial charge >= 0.3 is 6.85 Å². The number of hydrogen-bond donors (Lipinski definition) is 0. The maximum absolute atomic E-state index is 5.11. The van der Waals surface area contributed by atoms with Gasteiger partial charge in [0.05, 0.1) is 20.4 Å². The molecule has 0 aromatic heterocycles. The Labute approximate surface area is 96.2 Å². The predicted octanol–water partition coefficient (Wildman–Crippen LogP) is 2.45. The first-order valence-electron chi connectivity index (χ1n) is 4.46. The Hall–Kier alpha value is -0.990. The van der Waals surface area contributed by atoms with Crippen LogP contribution in [0.2, 0.25) is 0 Å². The molecule has 0 amide bonds. The first-order chi connectivity index (χ1) is 7.13. The monoisotopic (exact) mass is 241 g/mol. The van der Waals surface area contributed by atoms with E-state index >= 15 is 0 Å². The van der Waals surface area contributed by atoms with Crippen LogP contribution in [0.25, 0.3) is 0 Å². The van der Waals surface area contributed by atoms with Crippen molar-refractivity contribution in [1.29, 1.82) is 0 Å². The zero-order valence-electron chi connectivity index (χ0n) is 9.04. The molecular weight excluding hydrogens is 227 g/mol. The fourth-order valence-corrected chi connectivity index (χ4v) is 1.24. The Kier molecular flexibility index (Phi) is 4.66. The van der Waals surface area contributed by atoms with Crippen LogP contribution in [0.3, 0.4) is 0 Å². The van der Waals surface area contributed by atoms with Crippen LogP contribution in [-0.2, 0) is 11.8 Å². The molecule has 0 saturated heterocycles. The van der Waals surface area contributed by atoms with Gasteiger partial charge in [-0.3, -0.25) is 0 Å². The highest BCUT2D eigenvalue weighted by molar-refractivity contribution is 8.03. The molecule has 0 spiro atoms. The molecule has 0 aliphatic heterocycles. The van der Waals surface area contributed by atoms with Crippen LogP contribution in [0.4, 0.5) is 0 Å². The van der Waals surface area contributed by atoms with E-state index in [1.54, 1.807) is 18.1 Å². The molecule has 0 heterocycles. The van der Waals surface area contributed by atoms with Crippen molar-refractivity contribution in [3.63, 3.8) is 0 Å². The average Bonchev–Trinajstić information content (AvgIpc) is 2.26. The quantitative estimate of drug-likeness (QED) is 0.460. The third-order valence-electron chi connectivity index (χ3n) is 1.90. The topological polar surface area (TPSA) is 24.8 Å². The third kappa shape index (κ3) is 3.94. The molecule has 1 aromatic rings. The highest BCUT2D eigenvalue weighted by Crippen LogP contribution is 2.19. The molecule has 1 atom stereocenters. The summed E-state index contributed by atoms with van der Waals surface area (Å²) in [6, 6.07) is 7.72. The fraction of sp³-hybridized carbons (Fsp3) is 0.300. The van der Waals surface area contributed by atoms with Gasteiger partial charge in [0.15, 0.2) is 11.8 Å². The van der Waals surface area contributed by atoms with Crippen LogP contribution in [-0.4, -0.2) is 31.8 Å². The summed E-state index contributed by atoms with van der Waals surface area (Å²) in [5, 5.41) is 4.24. The van der Waals surface area contributed by atoms with Gasteiger partial charge in [0, 0.05) is 0 Å². The van der Waals surface area contributed by atoms with Crippen molar-refractivity contribution in [3.8, 4) is 5.75 Å². The van der Waals surface area contributed by atoms with Gasteiger partial charge in [-0.05, 0) is 29.8 Å². The van der Waals surface area contributed by atoms with E-state index in [1.165, 1.54) is 0 Å². The summed E-state index contributed by atoms with van der Waals surface area (Å²) < 4.78 is 6.87. The maximum atomic E-state index is 5.11. The van der Waals surface area contributed by atoms with Crippen molar-refractivity contribution in [1.82, 2.24) is 4.78 Å². The van der Waals surface area contributed by atoms with Crippen molar-refractivity contribution < 1.29 is 4.74 Å². The van der Waals surface area contributed by atoms with E-state index < -0.39 is 6.85 Å². The Morgan fingerprint density at radius 3 is 2.47 bits per heavy atom. The molecule has 1 rings (SSSR count). The van der Waals surface area contributed by atoms with Crippen LogP contribution < -0.4 is 4.74 Å². The molecule has 0 N–H and O–H groups in total. The Morgan fingerprint density at radius 2 is 2.00 bits per heavy atom. The van der Waals surface area contributed by atoms with E-state index in [1.807, 2.05) is 38.0 Å². The summed E-state index contributed by atoms with van der Waals surface area (Å²) in [7, 11) is 3.54. The number of ether oxygens (including phenoxy) is 1. The van der Waals surface area contributed by atoms with Crippen LogP contribution in [0.1, 0.15) is 5.56 Å². The largest absolute Gasteiger partial charge is 0.497 e. The predicted molar refractivity (Wildman–Crippen MR) is 68.6 cm³/mol. The molecule has 1 unspecified atom stereocenters. The Morgan fingerprint density at radius 1 is 1.40 bits per heavy atom. The van der Waals surface area contributed by atoms with Gasteiger partial charge in [-0.1, -0.05) is 0 Å². The van der Waals surface area contributed by atoms with Gasteiger partial charge in [-0.15, -0.1) is 9.88 Å². The summed E-state index contributed by atoms with van der Waals surface area (Å²) in [5.74, 6) is 0.849. The first-order valence-corrected chi connectivity index (χ1v) is 7.21. The molecule has 0 radical (unpaired) electrons. The van der Waals surface area contributed by atoms with Crippen LogP contribution in [0, 0.1) is 0 Å². The Bertz CT molecular complexity index is 364. The zero-order valence-corrected chi connectivity index (χ0v) is 10.8. The van der Waals surface area contributed by atoms with E-state index in [0.29, 0.717) is 0 Å². The normalized spacial score (nSPS) is 11.5. The highest BCUT2D eigenvalue weighted by atomic mass is 32.4. The number of hydrogen-bond acceptors (Lipinski definition) is 3. The van der Waals surface area contributed by atoms with Crippen LogP contribution in [0.5, 0.6) is 5.75 Å². The van der Waals surface area contributed by atoms with Gasteiger partial charge < -0.3 is 4.74 Å². The standard InChI is InChI=1S/C10H14N2OPS/c1-12(14(3)15)11-8-9-4-6-10(13-2)7-5-9/h4-8H,1-3H3/q+1/b11-8+. The van der Waals surface area contributed by atoms with E-state index in [4.69, 9.17) is 16.5 Å². The van der Waals surface area contributed by atoms with Gasteiger partial charge in [-0.25, -0.2) is 0 Å². The lowest BCUT2D eigenvalue weighted by atomic mass is 10.2. The number of rotatable bonds is 4. The molecular formula is C10H14N2OPS+. The average molecular weight is 241 g/mol. The lowest BCUT2D eigenvalue weighted by Crippen LogP contribution is -1.98. The van der Waals surface area contributed by atoms with Crippen LogP contribution >= 0.6 is 6.85 Å². The lowest BCUT2D eigenvalue weighted by molar-refractivity contribution is 0.415. The Balaban J connectivity index is 2.68. The van der Waals surface area contributed by atoms with Crippen molar-refractivity contribution in [2.75, 3.05) is 20.8 Å². The van der Waals surface area contributed by atoms with Crippen LogP contribution in [0.15, 0.2) is 29.4 Å². The first kappa shape index (κ1) is 12.1. The molecule has 0 aliphatic rings. The summed E-state index contributed by atoms with van der Waals surface area (Å²) in [6.07, 6.45) is 1.80. The zero-order chi connectivity index (χ0) is 11.3. The second-order valence-electron chi connectivity index (χ2n) is 2.97. The number of hydrazone groups is 1. The highest BCUT2D eigenvalue weighted by Gasteiger charge is 2.05. The summed E-state index contributed by atoms with van der Waals surface area (Å²) in [5.41, 5.74) is 1.04. The smallest absolute Gasteiger partial charge is 0.306 e. The summed E-state index contributed by atoms with van der Waals surface area (Å²) >= 11 is 5.11. The van der Waals surface area contributed by atoms with Crippen molar-refractivity contribution in [2.45, 2.75) is 0 Å². The summed E-state index contributed by atoms with van der Waals surface area (Å²) in [6.45, 7) is 1.41. The third-order valence-corrected chi connectivity index (χ3v) is 3.52. The molecule has 0 saturated carbocycles. The fourth-order valence-electron chi connectivity index (χ4n) is 0.913. The molecule has 1 aromatic carbocycles. The van der Waals surface area contributed by atoms with E-state index in [9.17, 15) is 0 Å². The van der Waals surface area contributed by atoms with Crippen molar-refractivity contribution in [3.05, 3.63) is 29.8 Å². The molecule has 0 bridgehead atoms. The molecule has 80 valence electrons. The van der Waals surface area contributed by atoms with Gasteiger partial charge in [0.1, 0.15) is 12.4 Å². The van der Waals surface area contributed by atoms with Gasteiger partial charge in [0.25, 0.3) is 0 Å². The second-order valence-corrected chi connectivity index (χ2v) is 6.06. The number of benzene rings is 1. The minimum Gasteiger partial charge on any atom is -0.497 e. The molecule has 5 heteroatoms. The second kappa shape index (κ2) is 5.79. The SMILES string of the molecule is COc1ccc(/C=N/N(C)[P+](C)=S)cc1. The van der Waals surface area contributed by atoms with E-state index in [-0.39, 0.29) is 0 Å². The van der Waals surface area contributed by atoms with Gasteiger partial charge in [-0.2, -0.15) is 0 Å². The number of methoxy groups -OCH3 is 1. The minimum atomic E-state index is -0.573. The van der Waals surface area contributed by atoms with E-state index in [0.717, 1.165) is 11.3 Å². The maximum Gasteiger partial charge on any atom is 0.306 e. The molecule has 0 aliphatic carbocycles. The summed E-state index contributed by atoms with van der Waals surface area (Å²) in [4.78, 5) is 0. The van der Waals surface area contributed by atoms with Gasteiger partial charge in [0.2, 0.25) is 0 Å². The van der Waals surface area contributed by atoms with E-state index in [2.05, 4.69) is 5.10 Å². The molecule has 15 heavy (non-hydrogen) atoms. The lowest BCUT2D eigenvalue weighted by Gasteiger charge is -2.00. The number of nitrogens with zero attached hydrogens (tertiary/aromatic N) is 2. The van der Waals surface area contributed by atoms with Crippen molar-refractivity contribution in [2.24, 2.45) is 5.10 Å². The molecule has 3 nitrogen and oxygen atoms in total.